The molecule has 0 unspecified atom stereocenters. The molecule has 0 amide bonds. The van der Waals surface area contributed by atoms with E-state index in [2.05, 4.69) is 9.64 Å². The maximum atomic E-state index is 11.7. The molecule has 0 atom stereocenters. The molecular formula is C9H18ClF3N2O. The molecule has 0 spiro atoms. The summed E-state index contributed by atoms with van der Waals surface area (Å²) in [5, 5.41) is 0. The van der Waals surface area contributed by atoms with Gasteiger partial charge >= 0.3 is 6.18 Å². The van der Waals surface area contributed by atoms with Gasteiger partial charge in [-0.05, 0) is 25.9 Å². The predicted octanol–water partition coefficient (Wildman–Crippen LogP) is 1.41. The maximum absolute atomic E-state index is 11.7. The van der Waals surface area contributed by atoms with E-state index in [1.54, 1.807) is 0 Å². The van der Waals surface area contributed by atoms with E-state index in [0.29, 0.717) is 6.54 Å². The molecule has 1 saturated heterocycles. The Morgan fingerprint density at radius 2 is 1.81 bits per heavy atom. The third kappa shape index (κ3) is 7.27. The molecule has 1 aliphatic rings. The van der Waals surface area contributed by atoms with E-state index >= 15 is 0 Å². The fraction of sp³-hybridized carbons (Fsp3) is 1.00. The van der Waals surface area contributed by atoms with Crippen molar-refractivity contribution in [3.63, 3.8) is 0 Å². The van der Waals surface area contributed by atoms with E-state index in [1.165, 1.54) is 0 Å². The van der Waals surface area contributed by atoms with Gasteiger partial charge < -0.3 is 15.4 Å². The highest BCUT2D eigenvalue weighted by atomic mass is 35.5. The Morgan fingerprint density at radius 1 is 1.25 bits per heavy atom. The number of hydrogen-bond donors (Lipinski definition) is 1. The lowest BCUT2D eigenvalue weighted by Crippen LogP contribution is -2.41. The van der Waals surface area contributed by atoms with Crippen molar-refractivity contribution in [3.8, 4) is 0 Å². The molecule has 0 aromatic carbocycles. The second-order valence-corrected chi connectivity index (χ2v) is 3.85. The Kier molecular flexibility index (Phi) is 7.30. The normalized spacial score (nSPS) is 19.5. The Balaban J connectivity index is 0.00000225. The molecular weight excluding hydrogens is 245 g/mol. The Morgan fingerprint density at radius 3 is 2.31 bits per heavy atom. The molecule has 1 rings (SSSR count). The number of hydrogen-bond acceptors (Lipinski definition) is 3. The molecule has 0 aromatic heterocycles. The third-order valence-corrected chi connectivity index (χ3v) is 2.45. The summed E-state index contributed by atoms with van der Waals surface area (Å²) in [5.41, 5.74) is 5.70. The molecule has 98 valence electrons. The first kappa shape index (κ1) is 16.0. The SMILES string of the molecule is Cl.NC1CCN(CCOCC(F)(F)F)CC1. The molecule has 3 nitrogen and oxygen atoms in total. The van der Waals surface area contributed by atoms with Crippen LogP contribution in [0.15, 0.2) is 0 Å². The van der Waals surface area contributed by atoms with Crippen LogP contribution in [0.25, 0.3) is 0 Å². The van der Waals surface area contributed by atoms with E-state index in [-0.39, 0.29) is 25.1 Å². The largest absolute Gasteiger partial charge is 0.411 e. The lowest BCUT2D eigenvalue weighted by atomic mass is 10.1. The van der Waals surface area contributed by atoms with E-state index in [9.17, 15) is 13.2 Å². The van der Waals surface area contributed by atoms with Gasteiger partial charge in [0.25, 0.3) is 0 Å². The monoisotopic (exact) mass is 262 g/mol. The minimum absolute atomic E-state index is 0. The van der Waals surface area contributed by atoms with E-state index in [0.717, 1.165) is 25.9 Å². The van der Waals surface area contributed by atoms with Crippen molar-refractivity contribution in [3.05, 3.63) is 0 Å². The summed E-state index contributed by atoms with van der Waals surface area (Å²) in [6.07, 6.45) is -2.39. The van der Waals surface area contributed by atoms with Crippen molar-refractivity contribution in [1.82, 2.24) is 4.90 Å². The lowest BCUT2D eigenvalue weighted by Gasteiger charge is -2.29. The number of ether oxygens (including phenoxy) is 1. The second kappa shape index (κ2) is 7.32. The molecule has 0 bridgehead atoms. The summed E-state index contributed by atoms with van der Waals surface area (Å²) >= 11 is 0. The number of likely N-dealkylation sites (tertiary alicyclic amines) is 1. The van der Waals surface area contributed by atoms with Gasteiger partial charge in [0, 0.05) is 12.6 Å². The highest BCUT2D eigenvalue weighted by molar-refractivity contribution is 5.85. The summed E-state index contributed by atoms with van der Waals surface area (Å²) in [7, 11) is 0. The molecule has 1 heterocycles. The van der Waals surface area contributed by atoms with Crippen molar-refractivity contribution in [1.29, 1.82) is 0 Å². The number of halogens is 4. The van der Waals surface area contributed by atoms with Crippen LogP contribution in [0.5, 0.6) is 0 Å². The van der Waals surface area contributed by atoms with Gasteiger partial charge in [-0.25, -0.2) is 0 Å². The Bertz CT molecular complexity index is 184. The van der Waals surface area contributed by atoms with Crippen LogP contribution >= 0.6 is 12.4 Å². The first-order valence-corrected chi connectivity index (χ1v) is 5.10. The molecule has 0 aromatic rings. The molecule has 0 radical (unpaired) electrons. The molecule has 0 saturated carbocycles. The van der Waals surface area contributed by atoms with Gasteiger partial charge in [0.2, 0.25) is 0 Å². The van der Waals surface area contributed by atoms with Crippen LogP contribution in [0.1, 0.15) is 12.8 Å². The van der Waals surface area contributed by atoms with Crippen LogP contribution in [0, 0.1) is 0 Å². The number of rotatable bonds is 4. The zero-order valence-corrected chi connectivity index (χ0v) is 9.82. The summed E-state index contributed by atoms with van der Waals surface area (Å²) in [5.74, 6) is 0. The number of nitrogens with zero attached hydrogens (tertiary/aromatic N) is 1. The zero-order valence-electron chi connectivity index (χ0n) is 9.00. The quantitative estimate of drug-likeness (QED) is 0.779. The van der Waals surface area contributed by atoms with E-state index in [4.69, 9.17) is 5.73 Å². The Labute approximate surface area is 99.5 Å². The summed E-state index contributed by atoms with van der Waals surface area (Å²) in [4.78, 5) is 2.08. The summed E-state index contributed by atoms with van der Waals surface area (Å²) < 4.78 is 39.7. The second-order valence-electron chi connectivity index (χ2n) is 3.85. The van der Waals surface area contributed by atoms with Crippen LogP contribution in [-0.2, 0) is 4.74 Å². The molecule has 7 heteroatoms. The summed E-state index contributed by atoms with van der Waals surface area (Å²) in [6.45, 7) is 1.25. The topological polar surface area (TPSA) is 38.5 Å². The highest BCUT2D eigenvalue weighted by Crippen LogP contribution is 2.14. The van der Waals surface area contributed by atoms with Gasteiger partial charge in [-0.1, -0.05) is 0 Å². The molecule has 1 fully saturated rings. The molecule has 16 heavy (non-hydrogen) atoms. The van der Waals surface area contributed by atoms with Crippen molar-refractivity contribution < 1.29 is 17.9 Å². The van der Waals surface area contributed by atoms with Crippen molar-refractivity contribution in [2.45, 2.75) is 25.1 Å². The van der Waals surface area contributed by atoms with E-state index < -0.39 is 12.8 Å². The van der Waals surface area contributed by atoms with Crippen molar-refractivity contribution in [2.24, 2.45) is 5.73 Å². The van der Waals surface area contributed by atoms with Gasteiger partial charge in [-0.15, -0.1) is 12.4 Å². The van der Waals surface area contributed by atoms with Crippen LogP contribution < -0.4 is 5.73 Å². The number of nitrogens with two attached hydrogens (primary N) is 1. The van der Waals surface area contributed by atoms with Gasteiger partial charge in [0.15, 0.2) is 0 Å². The fourth-order valence-electron chi connectivity index (χ4n) is 1.56. The fourth-order valence-corrected chi connectivity index (χ4v) is 1.56. The third-order valence-electron chi connectivity index (χ3n) is 2.45. The lowest BCUT2D eigenvalue weighted by molar-refractivity contribution is -0.174. The van der Waals surface area contributed by atoms with Gasteiger partial charge in [-0.2, -0.15) is 13.2 Å². The minimum Gasteiger partial charge on any atom is -0.371 e. The van der Waals surface area contributed by atoms with Crippen molar-refractivity contribution in [2.75, 3.05) is 32.8 Å². The minimum atomic E-state index is -4.22. The first-order valence-electron chi connectivity index (χ1n) is 5.10. The zero-order chi connectivity index (χ0) is 11.3. The highest BCUT2D eigenvalue weighted by Gasteiger charge is 2.27. The first-order chi connectivity index (χ1) is 6.97. The predicted molar refractivity (Wildman–Crippen MR) is 57.8 cm³/mol. The van der Waals surface area contributed by atoms with Gasteiger partial charge in [0.05, 0.1) is 6.61 Å². The average molecular weight is 263 g/mol. The molecule has 0 aliphatic carbocycles. The standard InChI is InChI=1S/C9H17F3N2O.ClH/c10-9(11,12)7-15-6-5-14-3-1-8(13)2-4-14;/h8H,1-7,13H2;1H. The smallest absolute Gasteiger partial charge is 0.371 e. The average Bonchev–Trinajstić information content (AvgIpc) is 2.14. The van der Waals surface area contributed by atoms with Crippen LogP contribution in [0.2, 0.25) is 0 Å². The van der Waals surface area contributed by atoms with Gasteiger partial charge in [-0.3, -0.25) is 0 Å². The van der Waals surface area contributed by atoms with Crippen LogP contribution in [0.3, 0.4) is 0 Å². The maximum Gasteiger partial charge on any atom is 0.411 e. The summed E-state index contributed by atoms with van der Waals surface area (Å²) in [6, 6.07) is 0.248. The van der Waals surface area contributed by atoms with Crippen LogP contribution in [-0.4, -0.2) is 50.0 Å². The number of alkyl halides is 3. The Hall–Kier alpha value is -0.0400. The van der Waals surface area contributed by atoms with Crippen LogP contribution in [0.4, 0.5) is 13.2 Å². The molecule has 2 N–H and O–H groups in total. The molecule has 1 aliphatic heterocycles. The van der Waals surface area contributed by atoms with E-state index in [1.807, 2.05) is 0 Å². The van der Waals surface area contributed by atoms with Gasteiger partial charge in [0.1, 0.15) is 6.61 Å². The number of piperidine rings is 1. The van der Waals surface area contributed by atoms with Crippen molar-refractivity contribution >= 4 is 12.4 Å².